The minimum absolute atomic E-state index is 0.0144. The van der Waals surface area contributed by atoms with Gasteiger partial charge in [0.2, 0.25) is 0 Å². The lowest BCUT2D eigenvalue weighted by molar-refractivity contribution is -0.168. The molecule has 1 amide bonds. The van der Waals surface area contributed by atoms with Crippen molar-refractivity contribution in [2.45, 2.75) is 32.2 Å². The number of carbonyl (C=O) groups excluding carboxylic acids is 1. The smallest absolute Gasteiger partial charge is 0.334 e. The molecule has 22 heavy (non-hydrogen) atoms. The number of amides is 1. The number of ether oxygens (including phenoxy) is 2. The zero-order valence-electron chi connectivity index (χ0n) is 12.4. The Hall–Kier alpha value is -2.15. The van der Waals surface area contributed by atoms with Crippen LogP contribution in [0.2, 0.25) is 0 Å². The van der Waals surface area contributed by atoms with Gasteiger partial charge < -0.3 is 19.5 Å². The molecule has 1 aromatic carbocycles. The van der Waals surface area contributed by atoms with E-state index in [0.29, 0.717) is 0 Å². The Bertz CT molecular complexity index is 565. The van der Waals surface area contributed by atoms with Crippen LogP contribution < -0.4 is 4.74 Å². The Labute approximate surface area is 127 Å². The number of carbonyl (C=O) groups is 2. The number of rotatable bonds is 4. The molecule has 1 heterocycles. The van der Waals surface area contributed by atoms with Crippen LogP contribution in [0.3, 0.4) is 0 Å². The highest BCUT2D eigenvalue weighted by Crippen LogP contribution is 2.19. The Morgan fingerprint density at radius 2 is 2.09 bits per heavy atom. The molecule has 0 spiro atoms. The van der Waals surface area contributed by atoms with Gasteiger partial charge in [0.15, 0.2) is 23.8 Å². The average molecular weight is 311 g/mol. The lowest BCUT2D eigenvalue weighted by Gasteiger charge is -2.36. The molecule has 0 bridgehead atoms. The third kappa shape index (κ3) is 3.73. The standard InChI is InChI=1S/C15H18FNO5/c1-9-7-17(8-13(21-9)15(19)20)14(18)10(2)22-12-6-4-3-5-11(12)16/h3-6,9-10,13H,7-8H2,1-2H3,(H,19,20)/t9-,10?,13?/m1/s1. The van der Waals surface area contributed by atoms with E-state index < -0.39 is 29.9 Å². The van der Waals surface area contributed by atoms with Crippen molar-refractivity contribution >= 4 is 11.9 Å². The summed E-state index contributed by atoms with van der Waals surface area (Å²) < 4.78 is 24.1. The maximum Gasteiger partial charge on any atom is 0.334 e. The summed E-state index contributed by atoms with van der Waals surface area (Å²) in [6.45, 7) is 3.42. The molecule has 0 radical (unpaired) electrons. The van der Waals surface area contributed by atoms with Crippen LogP contribution in [0, 0.1) is 5.82 Å². The van der Waals surface area contributed by atoms with Crippen molar-refractivity contribution in [3.8, 4) is 5.75 Å². The fourth-order valence-corrected chi connectivity index (χ4v) is 2.31. The number of carboxylic acid groups (broad SMARTS) is 1. The monoisotopic (exact) mass is 311 g/mol. The Balaban J connectivity index is 2.03. The fraction of sp³-hybridized carbons (Fsp3) is 0.467. The average Bonchev–Trinajstić information content (AvgIpc) is 2.48. The molecule has 120 valence electrons. The molecule has 2 rings (SSSR count). The van der Waals surface area contributed by atoms with E-state index in [9.17, 15) is 14.0 Å². The Kier molecular flexibility index (Phi) is 4.97. The van der Waals surface area contributed by atoms with Gasteiger partial charge in [0.1, 0.15) is 0 Å². The minimum Gasteiger partial charge on any atom is -0.479 e. The number of halogens is 1. The topological polar surface area (TPSA) is 76.1 Å². The SMILES string of the molecule is CC(Oc1ccccc1F)C(=O)N1CC(C(=O)O)O[C@H](C)C1. The highest BCUT2D eigenvalue weighted by Gasteiger charge is 2.34. The normalized spacial score (nSPS) is 23.0. The molecule has 1 N–H and O–H groups in total. The number of hydrogen-bond donors (Lipinski definition) is 1. The molecular formula is C15H18FNO5. The van der Waals surface area contributed by atoms with Crippen molar-refractivity contribution in [2.75, 3.05) is 13.1 Å². The number of nitrogens with zero attached hydrogens (tertiary/aromatic N) is 1. The summed E-state index contributed by atoms with van der Waals surface area (Å²) in [7, 11) is 0. The minimum atomic E-state index is -1.12. The molecule has 7 heteroatoms. The molecule has 3 atom stereocenters. The number of para-hydroxylation sites is 1. The van der Waals surface area contributed by atoms with E-state index in [2.05, 4.69) is 0 Å². The lowest BCUT2D eigenvalue weighted by atomic mass is 10.2. The highest BCUT2D eigenvalue weighted by molar-refractivity contribution is 5.82. The van der Waals surface area contributed by atoms with E-state index in [1.807, 2.05) is 0 Å². The summed E-state index contributed by atoms with van der Waals surface area (Å²) in [5, 5.41) is 9.02. The zero-order valence-corrected chi connectivity index (χ0v) is 12.4. The van der Waals surface area contributed by atoms with E-state index in [0.717, 1.165) is 0 Å². The van der Waals surface area contributed by atoms with Crippen LogP contribution in [0.5, 0.6) is 5.75 Å². The Morgan fingerprint density at radius 3 is 2.73 bits per heavy atom. The van der Waals surface area contributed by atoms with Crippen molar-refractivity contribution < 1.29 is 28.6 Å². The molecule has 2 unspecified atom stereocenters. The van der Waals surface area contributed by atoms with Gasteiger partial charge in [0.25, 0.3) is 5.91 Å². The Morgan fingerprint density at radius 1 is 1.41 bits per heavy atom. The van der Waals surface area contributed by atoms with Gasteiger partial charge in [-0.05, 0) is 26.0 Å². The van der Waals surface area contributed by atoms with Crippen molar-refractivity contribution in [2.24, 2.45) is 0 Å². The molecule has 6 nitrogen and oxygen atoms in total. The number of benzene rings is 1. The van der Waals surface area contributed by atoms with Gasteiger partial charge >= 0.3 is 5.97 Å². The third-order valence-corrected chi connectivity index (χ3v) is 3.34. The zero-order chi connectivity index (χ0) is 16.3. The van der Waals surface area contributed by atoms with Crippen LogP contribution in [0.4, 0.5) is 4.39 Å². The van der Waals surface area contributed by atoms with Crippen LogP contribution in [0.25, 0.3) is 0 Å². The van der Waals surface area contributed by atoms with Gasteiger partial charge in [0, 0.05) is 6.54 Å². The maximum atomic E-state index is 13.5. The van der Waals surface area contributed by atoms with Crippen molar-refractivity contribution in [3.05, 3.63) is 30.1 Å². The number of aliphatic carboxylic acids is 1. The molecule has 1 aromatic rings. The molecule has 0 aromatic heterocycles. The summed E-state index contributed by atoms with van der Waals surface area (Å²) in [6.07, 6.45) is -2.37. The summed E-state index contributed by atoms with van der Waals surface area (Å²) in [5.74, 6) is -2.09. The molecule has 1 aliphatic heterocycles. The predicted molar refractivity (Wildman–Crippen MR) is 75.0 cm³/mol. The van der Waals surface area contributed by atoms with Crippen LogP contribution in [0.1, 0.15) is 13.8 Å². The van der Waals surface area contributed by atoms with Crippen LogP contribution in [0.15, 0.2) is 24.3 Å². The van der Waals surface area contributed by atoms with Gasteiger partial charge in [-0.15, -0.1) is 0 Å². The molecule has 1 saturated heterocycles. The van der Waals surface area contributed by atoms with Gasteiger partial charge in [-0.25, -0.2) is 9.18 Å². The largest absolute Gasteiger partial charge is 0.479 e. The second-order valence-electron chi connectivity index (χ2n) is 5.21. The maximum absolute atomic E-state index is 13.5. The molecule has 1 fully saturated rings. The van der Waals surface area contributed by atoms with Crippen LogP contribution >= 0.6 is 0 Å². The second-order valence-corrected chi connectivity index (χ2v) is 5.21. The summed E-state index contributed by atoms with van der Waals surface area (Å²) >= 11 is 0. The summed E-state index contributed by atoms with van der Waals surface area (Å²) in [5.41, 5.74) is 0. The van der Waals surface area contributed by atoms with Gasteiger partial charge in [-0.2, -0.15) is 0 Å². The summed E-state index contributed by atoms with van der Waals surface area (Å²) in [6, 6.07) is 5.80. The first kappa shape index (κ1) is 16.2. The first-order valence-corrected chi connectivity index (χ1v) is 6.96. The van der Waals surface area contributed by atoms with Crippen LogP contribution in [-0.2, 0) is 14.3 Å². The molecule has 0 saturated carbocycles. The predicted octanol–water partition coefficient (Wildman–Crippen LogP) is 1.29. The van der Waals surface area contributed by atoms with Gasteiger partial charge in [-0.1, -0.05) is 12.1 Å². The second kappa shape index (κ2) is 6.74. The van der Waals surface area contributed by atoms with E-state index in [4.69, 9.17) is 14.6 Å². The number of morpholine rings is 1. The van der Waals surface area contributed by atoms with E-state index in [1.165, 1.54) is 30.0 Å². The first-order valence-electron chi connectivity index (χ1n) is 6.96. The number of carboxylic acids is 1. The van der Waals surface area contributed by atoms with Crippen LogP contribution in [-0.4, -0.2) is 53.3 Å². The van der Waals surface area contributed by atoms with Crippen molar-refractivity contribution in [1.82, 2.24) is 4.90 Å². The van der Waals surface area contributed by atoms with E-state index >= 15 is 0 Å². The van der Waals surface area contributed by atoms with E-state index in [-0.39, 0.29) is 24.9 Å². The number of hydrogen-bond acceptors (Lipinski definition) is 4. The summed E-state index contributed by atoms with van der Waals surface area (Å²) in [4.78, 5) is 24.8. The molecular weight excluding hydrogens is 293 g/mol. The van der Waals surface area contributed by atoms with E-state index in [1.54, 1.807) is 13.0 Å². The fourth-order valence-electron chi connectivity index (χ4n) is 2.31. The van der Waals surface area contributed by atoms with Gasteiger partial charge in [-0.3, -0.25) is 4.79 Å². The quantitative estimate of drug-likeness (QED) is 0.907. The van der Waals surface area contributed by atoms with Crippen molar-refractivity contribution in [1.29, 1.82) is 0 Å². The highest BCUT2D eigenvalue weighted by atomic mass is 19.1. The first-order chi connectivity index (χ1) is 10.4. The third-order valence-electron chi connectivity index (χ3n) is 3.34. The lowest BCUT2D eigenvalue weighted by Crippen LogP contribution is -2.54. The molecule has 0 aliphatic carbocycles. The molecule has 1 aliphatic rings. The van der Waals surface area contributed by atoms with Gasteiger partial charge in [0.05, 0.1) is 12.6 Å². The van der Waals surface area contributed by atoms with Crippen molar-refractivity contribution in [3.63, 3.8) is 0 Å².